The van der Waals surface area contributed by atoms with Gasteiger partial charge in [-0.05, 0) is 57.1 Å². The lowest BCUT2D eigenvalue weighted by molar-refractivity contribution is 0.954. The van der Waals surface area contributed by atoms with E-state index in [4.69, 9.17) is 15.0 Å². The second-order valence-electron chi connectivity index (χ2n) is 13.7. The summed E-state index contributed by atoms with van der Waals surface area (Å²) in [5, 5.41) is 2.27. The maximum Gasteiger partial charge on any atom is 0.238 e. The molecule has 0 bridgehead atoms. The molecule has 4 heteroatoms. The molecule has 0 aliphatic carbocycles. The average Bonchev–Trinajstić information content (AvgIpc) is 3.61. The topological polar surface area (TPSA) is 43.6 Å². The Labute approximate surface area is 319 Å². The van der Waals surface area contributed by atoms with Crippen LogP contribution in [-0.2, 0) is 0 Å². The molecule has 10 rings (SSSR count). The first kappa shape index (κ1) is 32.2. The molecular formula is C51H34N4. The molecule has 0 atom stereocenters. The lowest BCUT2D eigenvalue weighted by Crippen LogP contribution is -2.07. The van der Waals surface area contributed by atoms with Gasteiger partial charge in [-0.3, -0.25) is 4.57 Å². The van der Waals surface area contributed by atoms with Gasteiger partial charge in [0.15, 0.2) is 11.6 Å². The van der Waals surface area contributed by atoms with Crippen molar-refractivity contribution in [2.45, 2.75) is 0 Å². The Bertz CT molecular complexity index is 2940. The lowest BCUT2D eigenvalue weighted by atomic mass is 10.0. The zero-order valence-electron chi connectivity index (χ0n) is 29.9. The summed E-state index contributed by atoms with van der Waals surface area (Å²) >= 11 is 0. The highest BCUT2D eigenvalue weighted by Gasteiger charge is 2.21. The van der Waals surface area contributed by atoms with E-state index in [1.54, 1.807) is 0 Å². The normalized spacial score (nSPS) is 11.3. The lowest BCUT2D eigenvalue weighted by Gasteiger charge is -2.13. The quantitative estimate of drug-likeness (QED) is 0.166. The van der Waals surface area contributed by atoms with Crippen LogP contribution in [-0.4, -0.2) is 19.5 Å². The van der Waals surface area contributed by atoms with Gasteiger partial charge >= 0.3 is 0 Å². The van der Waals surface area contributed by atoms with Crippen molar-refractivity contribution in [3.63, 3.8) is 0 Å². The van der Waals surface area contributed by atoms with Gasteiger partial charge < -0.3 is 0 Å². The van der Waals surface area contributed by atoms with Crippen LogP contribution >= 0.6 is 0 Å². The van der Waals surface area contributed by atoms with Gasteiger partial charge in [0, 0.05) is 27.5 Å². The van der Waals surface area contributed by atoms with Crippen LogP contribution in [0.25, 0.3) is 95.0 Å². The Balaban J connectivity index is 1.24. The second-order valence-corrected chi connectivity index (χ2v) is 13.7. The summed E-state index contributed by atoms with van der Waals surface area (Å²) < 4.78 is 2.23. The fraction of sp³-hybridized carbons (Fsp3) is 0. The van der Waals surface area contributed by atoms with Crippen LogP contribution < -0.4 is 0 Å². The summed E-state index contributed by atoms with van der Waals surface area (Å²) in [5.74, 6) is 1.78. The smallest absolute Gasteiger partial charge is 0.238 e. The third-order valence-electron chi connectivity index (χ3n) is 10.3. The Morgan fingerprint density at radius 1 is 0.291 bits per heavy atom. The van der Waals surface area contributed by atoms with E-state index in [0.29, 0.717) is 17.6 Å². The number of hydrogen-bond acceptors (Lipinski definition) is 3. The summed E-state index contributed by atoms with van der Waals surface area (Å²) in [4.78, 5) is 15.8. The van der Waals surface area contributed by atoms with Crippen molar-refractivity contribution < 1.29 is 0 Å². The molecule has 0 amide bonds. The van der Waals surface area contributed by atoms with E-state index in [1.807, 2.05) is 12.1 Å². The fourth-order valence-electron chi connectivity index (χ4n) is 7.57. The van der Waals surface area contributed by atoms with Gasteiger partial charge in [0.1, 0.15) is 0 Å². The van der Waals surface area contributed by atoms with Crippen LogP contribution in [0.2, 0.25) is 0 Å². The molecule has 0 spiro atoms. The van der Waals surface area contributed by atoms with Crippen LogP contribution in [0.5, 0.6) is 0 Å². The fourth-order valence-corrected chi connectivity index (χ4v) is 7.57. The van der Waals surface area contributed by atoms with Gasteiger partial charge in [0.2, 0.25) is 5.95 Å². The van der Waals surface area contributed by atoms with Gasteiger partial charge in [0.25, 0.3) is 0 Å². The molecule has 0 unspecified atom stereocenters. The molecule has 8 aromatic carbocycles. The van der Waals surface area contributed by atoms with Gasteiger partial charge in [-0.2, -0.15) is 9.97 Å². The third kappa shape index (κ3) is 6.06. The zero-order chi connectivity index (χ0) is 36.6. The van der Waals surface area contributed by atoms with Crippen LogP contribution in [0.3, 0.4) is 0 Å². The highest BCUT2D eigenvalue weighted by molar-refractivity contribution is 6.14. The minimum absolute atomic E-state index is 0.563. The Morgan fingerprint density at radius 3 is 1.38 bits per heavy atom. The third-order valence-corrected chi connectivity index (χ3v) is 10.3. The van der Waals surface area contributed by atoms with E-state index in [2.05, 4.69) is 199 Å². The maximum atomic E-state index is 5.33. The number of rotatable bonds is 7. The van der Waals surface area contributed by atoms with Crippen LogP contribution in [0.4, 0.5) is 0 Å². The first-order valence-electron chi connectivity index (χ1n) is 18.5. The largest absolute Gasteiger partial charge is 0.277 e. The van der Waals surface area contributed by atoms with Crippen LogP contribution in [0.15, 0.2) is 206 Å². The minimum atomic E-state index is 0.563. The van der Waals surface area contributed by atoms with Gasteiger partial charge in [-0.25, -0.2) is 4.98 Å². The number of hydrogen-bond donors (Lipinski definition) is 0. The van der Waals surface area contributed by atoms with E-state index in [9.17, 15) is 0 Å². The number of fused-ring (bicyclic) bond motifs is 3. The van der Waals surface area contributed by atoms with Gasteiger partial charge in [-0.1, -0.05) is 188 Å². The first-order valence-corrected chi connectivity index (χ1v) is 18.5. The van der Waals surface area contributed by atoms with Crippen molar-refractivity contribution in [1.29, 1.82) is 0 Å². The molecule has 2 heterocycles. The predicted octanol–water partition coefficient (Wildman–Crippen LogP) is 13.0. The van der Waals surface area contributed by atoms with E-state index < -0.39 is 0 Å². The van der Waals surface area contributed by atoms with Crippen LogP contribution in [0.1, 0.15) is 0 Å². The summed E-state index contributed by atoms with van der Waals surface area (Å²) in [6.45, 7) is 0. The summed E-state index contributed by atoms with van der Waals surface area (Å²) in [7, 11) is 0. The predicted molar refractivity (Wildman–Crippen MR) is 227 cm³/mol. The number of benzene rings is 8. The van der Waals surface area contributed by atoms with E-state index in [0.717, 1.165) is 71.9 Å². The molecule has 10 aromatic rings. The monoisotopic (exact) mass is 702 g/mol. The van der Waals surface area contributed by atoms with Crippen molar-refractivity contribution in [3.8, 4) is 73.2 Å². The number of aromatic nitrogens is 4. The molecule has 4 nitrogen and oxygen atoms in total. The van der Waals surface area contributed by atoms with Crippen molar-refractivity contribution >= 4 is 21.8 Å². The summed E-state index contributed by atoms with van der Waals surface area (Å²) in [6, 6.07) is 72.2. The molecule has 0 aliphatic rings. The van der Waals surface area contributed by atoms with E-state index in [1.165, 1.54) is 5.56 Å². The molecule has 0 fully saturated rings. The van der Waals surface area contributed by atoms with Crippen LogP contribution in [0, 0.1) is 0 Å². The highest BCUT2D eigenvalue weighted by Crippen LogP contribution is 2.40. The summed E-state index contributed by atoms with van der Waals surface area (Å²) in [6.07, 6.45) is 0. The van der Waals surface area contributed by atoms with Gasteiger partial charge in [0.05, 0.1) is 11.0 Å². The van der Waals surface area contributed by atoms with Crippen molar-refractivity contribution in [3.05, 3.63) is 206 Å². The number of para-hydroxylation sites is 1. The maximum absolute atomic E-state index is 5.33. The summed E-state index contributed by atoms with van der Waals surface area (Å²) in [5.41, 5.74) is 13.0. The minimum Gasteiger partial charge on any atom is -0.277 e. The molecule has 0 aliphatic heterocycles. The van der Waals surface area contributed by atoms with Crippen molar-refractivity contribution in [1.82, 2.24) is 19.5 Å². The molecular weight excluding hydrogens is 669 g/mol. The van der Waals surface area contributed by atoms with Gasteiger partial charge in [-0.15, -0.1) is 0 Å². The number of nitrogens with zero attached hydrogens (tertiary/aromatic N) is 4. The Morgan fingerprint density at radius 2 is 0.745 bits per heavy atom. The molecule has 0 N–H and O–H groups in total. The van der Waals surface area contributed by atoms with E-state index >= 15 is 0 Å². The molecule has 0 saturated carbocycles. The Hall–Kier alpha value is -7.43. The van der Waals surface area contributed by atoms with E-state index in [-0.39, 0.29) is 0 Å². The first-order chi connectivity index (χ1) is 27.3. The molecule has 55 heavy (non-hydrogen) atoms. The average molecular weight is 703 g/mol. The standard InChI is InChI=1S/C51H34N4/c1-5-15-35(16-6-1)38-27-29-40(30-28-38)49-52-50(43-24-13-23-41(33-43)36-17-7-2-8-18-36)54-51(53-49)55-47-32-31-42(37-19-9-3-10-20-37)34-46(47)45-26-14-25-44(48(45)55)39-21-11-4-12-22-39/h1-34H. The molecule has 0 radical (unpaired) electrons. The van der Waals surface area contributed by atoms with Crippen molar-refractivity contribution in [2.75, 3.05) is 0 Å². The molecule has 2 aromatic heterocycles. The molecule has 258 valence electrons. The molecule has 0 saturated heterocycles. The second kappa shape index (κ2) is 13.8. The highest BCUT2D eigenvalue weighted by atomic mass is 15.2. The van der Waals surface area contributed by atoms with Crippen molar-refractivity contribution in [2.24, 2.45) is 0 Å². The zero-order valence-corrected chi connectivity index (χ0v) is 29.9. The SMILES string of the molecule is c1ccc(-c2ccc(-c3nc(-c4cccc(-c5ccccc5)c4)nc(-n4c5ccc(-c6ccccc6)cc5c5cccc(-c6ccccc6)c54)n3)cc2)cc1. The Kier molecular flexibility index (Phi) is 8.12.